The van der Waals surface area contributed by atoms with E-state index in [-0.39, 0.29) is 12.0 Å². The van der Waals surface area contributed by atoms with Crippen LogP contribution in [0.1, 0.15) is 26.3 Å². The summed E-state index contributed by atoms with van der Waals surface area (Å²) >= 11 is 5.98. The summed E-state index contributed by atoms with van der Waals surface area (Å²) in [5.74, 6) is 0.745. The molecule has 0 saturated carbocycles. The molecule has 0 fully saturated rings. The molecular weight excluding hydrogens is 210 g/mol. The molecule has 1 N–H and O–H groups in total. The summed E-state index contributed by atoms with van der Waals surface area (Å²) in [5, 5.41) is 10.6. The van der Waals surface area contributed by atoms with Gasteiger partial charge in [-0.2, -0.15) is 0 Å². The van der Waals surface area contributed by atoms with Gasteiger partial charge in [-0.3, -0.25) is 4.98 Å². The normalized spacial score (nSPS) is 15.3. The summed E-state index contributed by atoms with van der Waals surface area (Å²) in [5.41, 5.74) is 0.965. The van der Waals surface area contributed by atoms with Crippen molar-refractivity contribution >= 4 is 11.6 Å². The van der Waals surface area contributed by atoms with Crippen LogP contribution in [0.4, 0.5) is 0 Å². The number of hydrogen-bond acceptors (Lipinski definition) is 2. The van der Waals surface area contributed by atoms with E-state index >= 15 is 0 Å². The molecule has 84 valence electrons. The second-order valence-electron chi connectivity index (χ2n) is 4.34. The molecule has 0 radical (unpaired) electrons. The van der Waals surface area contributed by atoms with Crippen molar-refractivity contribution in [1.29, 1.82) is 0 Å². The average molecular weight is 228 g/mol. The molecule has 2 nitrogen and oxygen atoms in total. The van der Waals surface area contributed by atoms with E-state index in [1.165, 1.54) is 0 Å². The zero-order valence-corrected chi connectivity index (χ0v) is 10.2. The first kappa shape index (κ1) is 12.5. The minimum atomic E-state index is -0.343. The molecule has 2 atom stereocenters. The summed E-state index contributed by atoms with van der Waals surface area (Å²) in [6.45, 7) is 6.29. The summed E-state index contributed by atoms with van der Waals surface area (Å²) < 4.78 is 0. The van der Waals surface area contributed by atoms with Crippen molar-refractivity contribution in [2.75, 3.05) is 0 Å². The molecule has 0 amide bonds. The van der Waals surface area contributed by atoms with Gasteiger partial charge in [0.25, 0.3) is 0 Å². The molecule has 0 saturated heterocycles. The monoisotopic (exact) mass is 227 g/mol. The molecule has 0 aliphatic heterocycles. The van der Waals surface area contributed by atoms with Crippen LogP contribution in [0.5, 0.6) is 0 Å². The second-order valence-corrected chi connectivity index (χ2v) is 4.75. The van der Waals surface area contributed by atoms with Gasteiger partial charge in [0, 0.05) is 18.8 Å². The Morgan fingerprint density at radius 1 is 1.40 bits per heavy atom. The van der Waals surface area contributed by atoms with Crippen molar-refractivity contribution < 1.29 is 5.11 Å². The zero-order valence-electron chi connectivity index (χ0n) is 9.44. The van der Waals surface area contributed by atoms with E-state index in [4.69, 9.17) is 11.6 Å². The second kappa shape index (κ2) is 5.47. The highest BCUT2D eigenvalue weighted by Gasteiger charge is 2.18. The van der Waals surface area contributed by atoms with Gasteiger partial charge in [-0.25, -0.2) is 0 Å². The van der Waals surface area contributed by atoms with Gasteiger partial charge in [-0.1, -0.05) is 32.4 Å². The SMILES string of the molecule is CC(C)C(C)C(O)Cc1ccncc1Cl. The molecule has 1 heterocycles. The van der Waals surface area contributed by atoms with Crippen molar-refractivity contribution in [3.8, 4) is 0 Å². The van der Waals surface area contributed by atoms with Gasteiger partial charge in [-0.15, -0.1) is 0 Å². The molecule has 0 aromatic carbocycles. The van der Waals surface area contributed by atoms with Crippen molar-refractivity contribution in [2.24, 2.45) is 11.8 Å². The van der Waals surface area contributed by atoms with Crippen molar-refractivity contribution in [2.45, 2.75) is 33.3 Å². The number of rotatable bonds is 4. The van der Waals surface area contributed by atoms with Crippen molar-refractivity contribution in [1.82, 2.24) is 4.98 Å². The summed E-state index contributed by atoms with van der Waals surface area (Å²) in [6.07, 6.45) is 3.57. The molecule has 15 heavy (non-hydrogen) atoms. The third-order valence-electron chi connectivity index (χ3n) is 2.94. The summed E-state index contributed by atoms with van der Waals surface area (Å²) in [7, 11) is 0. The topological polar surface area (TPSA) is 33.1 Å². The molecule has 0 aliphatic carbocycles. The minimum absolute atomic E-state index is 0.272. The van der Waals surface area contributed by atoms with Gasteiger partial charge in [0.05, 0.1) is 11.1 Å². The standard InChI is InChI=1S/C12H18ClNO/c1-8(2)9(3)12(15)6-10-4-5-14-7-11(10)13/h4-5,7-9,12,15H,6H2,1-3H3. The van der Waals surface area contributed by atoms with Crippen LogP contribution in [0, 0.1) is 11.8 Å². The molecule has 3 heteroatoms. The van der Waals surface area contributed by atoms with Gasteiger partial charge >= 0.3 is 0 Å². The third kappa shape index (κ3) is 3.47. The van der Waals surface area contributed by atoms with E-state index in [0.29, 0.717) is 17.4 Å². The zero-order chi connectivity index (χ0) is 11.4. The Labute approximate surface area is 96.3 Å². The lowest BCUT2D eigenvalue weighted by Gasteiger charge is -2.22. The van der Waals surface area contributed by atoms with Crippen LogP contribution in [0.15, 0.2) is 18.5 Å². The fourth-order valence-corrected chi connectivity index (χ4v) is 1.62. The van der Waals surface area contributed by atoms with E-state index < -0.39 is 0 Å². The summed E-state index contributed by atoms with van der Waals surface area (Å²) in [6, 6.07) is 1.86. The number of halogens is 1. The predicted octanol–water partition coefficient (Wildman–Crippen LogP) is 2.93. The van der Waals surface area contributed by atoms with E-state index in [2.05, 4.69) is 25.8 Å². The molecule has 0 spiro atoms. The lowest BCUT2D eigenvalue weighted by Crippen LogP contribution is -2.24. The van der Waals surface area contributed by atoms with E-state index in [0.717, 1.165) is 5.56 Å². The number of aromatic nitrogens is 1. The largest absolute Gasteiger partial charge is 0.392 e. The Morgan fingerprint density at radius 3 is 2.60 bits per heavy atom. The van der Waals surface area contributed by atoms with Gasteiger partial charge in [-0.05, 0) is 23.5 Å². The quantitative estimate of drug-likeness (QED) is 0.858. The Morgan fingerprint density at radius 2 is 2.07 bits per heavy atom. The van der Waals surface area contributed by atoms with Crippen LogP contribution in [0.25, 0.3) is 0 Å². The Bertz CT molecular complexity index is 314. The van der Waals surface area contributed by atoms with Crippen LogP contribution >= 0.6 is 11.6 Å². The van der Waals surface area contributed by atoms with E-state index in [9.17, 15) is 5.11 Å². The number of aliphatic hydroxyl groups excluding tert-OH is 1. The maximum atomic E-state index is 9.99. The van der Waals surface area contributed by atoms with E-state index in [1.54, 1.807) is 12.4 Å². The maximum Gasteiger partial charge on any atom is 0.0622 e. The van der Waals surface area contributed by atoms with Crippen LogP contribution in [-0.2, 0) is 6.42 Å². The number of hydrogen-bond donors (Lipinski definition) is 1. The minimum Gasteiger partial charge on any atom is -0.392 e. The highest BCUT2D eigenvalue weighted by molar-refractivity contribution is 6.31. The van der Waals surface area contributed by atoms with Gasteiger partial charge < -0.3 is 5.11 Å². The smallest absolute Gasteiger partial charge is 0.0622 e. The maximum absolute atomic E-state index is 9.99. The van der Waals surface area contributed by atoms with Crippen molar-refractivity contribution in [3.63, 3.8) is 0 Å². The van der Waals surface area contributed by atoms with Crippen LogP contribution in [0.3, 0.4) is 0 Å². The first-order chi connectivity index (χ1) is 7.02. The lowest BCUT2D eigenvalue weighted by atomic mass is 9.89. The fraction of sp³-hybridized carbons (Fsp3) is 0.583. The van der Waals surface area contributed by atoms with E-state index in [1.807, 2.05) is 6.07 Å². The molecule has 1 rings (SSSR count). The summed E-state index contributed by atoms with van der Waals surface area (Å²) in [4.78, 5) is 3.92. The third-order valence-corrected chi connectivity index (χ3v) is 3.28. The lowest BCUT2D eigenvalue weighted by molar-refractivity contribution is 0.0921. The molecular formula is C12H18ClNO. The Kier molecular flexibility index (Phi) is 4.55. The van der Waals surface area contributed by atoms with Gasteiger partial charge in [0.1, 0.15) is 0 Å². The number of nitrogens with zero attached hydrogens (tertiary/aromatic N) is 1. The molecule has 0 aliphatic rings. The number of aliphatic hydroxyl groups is 1. The average Bonchev–Trinajstić information content (AvgIpc) is 2.20. The van der Waals surface area contributed by atoms with Crippen molar-refractivity contribution in [3.05, 3.63) is 29.0 Å². The Hall–Kier alpha value is -0.600. The molecule has 1 aromatic rings. The Balaban J connectivity index is 2.66. The molecule has 2 unspecified atom stereocenters. The highest BCUT2D eigenvalue weighted by Crippen LogP contribution is 2.21. The molecule has 0 bridgehead atoms. The highest BCUT2D eigenvalue weighted by atomic mass is 35.5. The van der Waals surface area contributed by atoms with Gasteiger partial charge in [0.2, 0.25) is 0 Å². The van der Waals surface area contributed by atoms with Crippen LogP contribution in [-0.4, -0.2) is 16.2 Å². The van der Waals surface area contributed by atoms with Crippen LogP contribution in [0.2, 0.25) is 5.02 Å². The predicted molar refractivity (Wildman–Crippen MR) is 63.0 cm³/mol. The first-order valence-corrected chi connectivity index (χ1v) is 5.66. The number of pyridine rings is 1. The van der Waals surface area contributed by atoms with Gasteiger partial charge in [0.15, 0.2) is 0 Å². The fourth-order valence-electron chi connectivity index (χ4n) is 1.43. The first-order valence-electron chi connectivity index (χ1n) is 5.28. The molecule has 1 aromatic heterocycles. The van der Waals surface area contributed by atoms with Crippen LogP contribution < -0.4 is 0 Å².